The SMILES string of the molecule is CCNc1nc(OC(C)C)nc(N2CCCCC2CC)n1. The lowest BCUT2D eigenvalue weighted by Gasteiger charge is -2.35. The summed E-state index contributed by atoms with van der Waals surface area (Å²) in [4.78, 5) is 15.7. The molecular formula is C15H27N5O. The maximum atomic E-state index is 5.67. The number of rotatable bonds is 6. The smallest absolute Gasteiger partial charge is 0.323 e. The highest BCUT2D eigenvalue weighted by molar-refractivity contribution is 5.39. The fourth-order valence-electron chi connectivity index (χ4n) is 2.66. The molecule has 6 nitrogen and oxygen atoms in total. The van der Waals surface area contributed by atoms with Gasteiger partial charge in [0, 0.05) is 19.1 Å². The molecule has 0 spiro atoms. The van der Waals surface area contributed by atoms with Gasteiger partial charge in [-0.25, -0.2) is 0 Å². The summed E-state index contributed by atoms with van der Waals surface area (Å²) in [7, 11) is 0. The Hall–Kier alpha value is -1.59. The van der Waals surface area contributed by atoms with Crippen molar-refractivity contribution < 1.29 is 4.74 Å². The van der Waals surface area contributed by atoms with Gasteiger partial charge in [-0.2, -0.15) is 15.0 Å². The zero-order valence-corrected chi connectivity index (χ0v) is 13.6. The van der Waals surface area contributed by atoms with E-state index in [0.717, 1.165) is 25.5 Å². The third-order valence-electron chi connectivity index (χ3n) is 3.63. The highest BCUT2D eigenvalue weighted by Gasteiger charge is 2.24. The largest absolute Gasteiger partial charge is 0.461 e. The predicted octanol–water partition coefficient (Wildman–Crippen LogP) is 2.86. The molecule has 0 saturated carbocycles. The number of aromatic nitrogens is 3. The van der Waals surface area contributed by atoms with Crippen LogP contribution in [0.2, 0.25) is 0 Å². The maximum absolute atomic E-state index is 5.67. The normalized spacial score (nSPS) is 18.9. The standard InChI is InChI=1S/C15H27N5O/c1-5-12-9-7-8-10-20(12)14-17-13(16-6-2)18-15(19-14)21-11(3)4/h11-12H,5-10H2,1-4H3,(H,16,17,18,19). The molecule has 1 atom stereocenters. The Labute approximate surface area is 127 Å². The van der Waals surface area contributed by atoms with Gasteiger partial charge < -0.3 is 15.0 Å². The third kappa shape index (κ3) is 4.19. The van der Waals surface area contributed by atoms with E-state index in [1.54, 1.807) is 0 Å². The van der Waals surface area contributed by atoms with Gasteiger partial charge in [0.15, 0.2) is 0 Å². The first-order valence-corrected chi connectivity index (χ1v) is 8.07. The lowest BCUT2D eigenvalue weighted by molar-refractivity contribution is 0.221. The van der Waals surface area contributed by atoms with Gasteiger partial charge in [-0.1, -0.05) is 6.92 Å². The van der Waals surface area contributed by atoms with E-state index in [1.807, 2.05) is 20.8 Å². The third-order valence-corrected chi connectivity index (χ3v) is 3.63. The van der Waals surface area contributed by atoms with E-state index in [0.29, 0.717) is 18.0 Å². The van der Waals surface area contributed by atoms with Gasteiger partial charge in [-0.15, -0.1) is 0 Å². The van der Waals surface area contributed by atoms with Crippen LogP contribution in [0.4, 0.5) is 11.9 Å². The van der Waals surface area contributed by atoms with Crippen LogP contribution in [0.15, 0.2) is 0 Å². The molecule has 0 aromatic carbocycles. The molecule has 2 heterocycles. The highest BCUT2D eigenvalue weighted by Crippen LogP contribution is 2.25. The van der Waals surface area contributed by atoms with Crippen molar-refractivity contribution in [2.45, 2.75) is 65.5 Å². The summed E-state index contributed by atoms with van der Waals surface area (Å²) in [6.45, 7) is 10.00. The molecule has 1 aliphatic rings. The van der Waals surface area contributed by atoms with E-state index in [2.05, 4.69) is 32.1 Å². The van der Waals surface area contributed by atoms with Gasteiger partial charge in [0.2, 0.25) is 11.9 Å². The lowest BCUT2D eigenvalue weighted by Crippen LogP contribution is -2.40. The van der Waals surface area contributed by atoms with Crippen molar-refractivity contribution in [3.8, 4) is 6.01 Å². The molecule has 21 heavy (non-hydrogen) atoms. The van der Waals surface area contributed by atoms with Crippen LogP contribution >= 0.6 is 0 Å². The van der Waals surface area contributed by atoms with Crippen molar-refractivity contribution in [2.75, 3.05) is 23.3 Å². The van der Waals surface area contributed by atoms with Crippen molar-refractivity contribution in [3.63, 3.8) is 0 Å². The highest BCUT2D eigenvalue weighted by atomic mass is 16.5. The molecule has 1 unspecified atom stereocenters. The van der Waals surface area contributed by atoms with E-state index in [1.165, 1.54) is 19.3 Å². The molecule has 6 heteroatoms. The van der Waals surface area contributed by atoms with Crippen LogP contribution < -0.4 is 15.0 Å². The summed E-state index contributed by atoms with van der Waals surface area (Å²) in [6.07, 6.45) is 4.86. The van der Waals surface area contributed by atoms with E-state index >= 15 is 0 Å². The predicted molar refractivity (Wildman–Crippen MR) is 85.0 cm³/mol. The molecule has 1 fully saturated rings. The van der Waals surface area contributed by atoms with E-state index in [-0.39, 0.29) is 6.10 Å². The minimum Gasteiger partial charge on any atom is -0.461 e. The topological polar surface area (TPSA) is 63.2 Å². The molecule has 0 radical (unpaired) electrons. The van der Waals surface area contributed by atoms with Crippen LogP contribution in [0, 0.1) is 0 Å². The Morgan fingerprint density at radius 3 is 2.71 bits per heavy atom. The summed E-state index contributed by atoms with van der Waals surface area (Å²) < 4.78 is 5.67. The second kappa shape index (κ2) is 7.43. The lowest BCUT2D eigenvalue weighted by atomic mass is 10.0. The molecule has 118 valence electrons. The number of piperidine rings is 1. The summed E-state index contributed by atoms with van der Waals surface area (Å²) in [5.41, 5.74) is 0. The molecule has 1 N–H and O–H groups in total. The molecule has 0 aliphatic carbocycles. The second-order valence-electron chi connectivity index (χ2n) is 5.69. The molecule has 2 rings (SSSR count). The van der Waals surface area contributed by atoms with Crippen molar-refractivity contribution >= 4 is 11.9 Å². The maximum Gasteiger partial charge on any atom is 0.323 e. The number of nitrogens with one attached hydrogen (secondary N) is 1. The number of anilines is 2. The summed E-state index contributed by atoms with van der Waals surface area (Å²) in [5.74, 6) is 1.33. The zero-order valence-electron chi connectivity index (χ0n) is 13.6. The quantitative estimate of drug-likeness (QED) is 0.870. The molecular weight excluding hydrogens is 266 g/mol. The minimum absolute atomic E-state index is 0.0538. The number of hydrogen-bond acceptors (Lipinski definition) is 6. The summed E-state index contributed by atoms with van der Waals surface area (Å²) in [5, 5.41) is 3.16. The Morgan fingerprint density at radius 2 is 2.05 bits per heavy atom. The number of ether oxygens (including phenoxy) is 1. The van der Waals surface area contributed by atoms with Gasteiger partial charge in [0.25, 0.3) is 0 Å². The number of nitrogens with zero attached hydrogens (tertiary/aromatic N) is 4. The van der Waals surface area contributed by atoms with Crippen molar-refractivity contribution in [3.05, 3.63) is 0 Å². The first-order chi connectivity index (χ1) is 10.1. The van der Waals surface area contributed by atoms with Crippen LogP contribution in [0.1, 0.15) is 53.4 Å². The Morgan fingerprint density at radius 1 is 1.24 bits per heavy atom. The molecule has 0 bridgehead atoms. The van der Waals surface area contributed by atoms with Gasteiger partial charge in [0.1, 0.15) is 0 Å². The fourth-order valence-corrected chi connectivity index (χ4v) is 2.66. The zero-order chi connectivity index (χ0) is 15.2. The first kappa shape index (κ1) is 15.8. The van der Waals surface area contributed by atoms with Crippen LogP contribution in [-0.2, 0) is 0 Å². The van der Waals surface area contributed by atoms with E-state index in [4.69, 9.17) is 4.74 Å². The second-order valence-corrected chi connectivity index (χ2v) is 5.69. The van der Waals surface area contributed by atoms with Crippen molar-refractivity contribution in [1.82, 2.24) is 15.0 Å². The van der Waals surface area contributed by atoms with Crippen LogP contribution in [0.25, 0.3) is 0 Å². The van der Waals surface area contributed by atoms with Crippen LogP contribution in [0.5, 0.6) is 6.01 Å². The van der Waals surface area contributed by atoms with Gasteiger partial charge >= 0.3 is 6.01 Å². The van der Waals surface area contributed by atoms with E-state index in [9.17, 15) is 0 Å². The Balaban J connectivity index is 2.29. The molecule has 1 aliphatic heterocycles. The minimum atomic E-state index is 0.0538. The average Bonchev–Trinajstić information content (AvgIpc) is 2.46. The molecule has 0 amide bonds. The Bertz CT molecular complexity index is 452. The molecule has 1 saturated heterocycles. The van der Waals surface area contributed by atoms with Gasteiger partial charge in [-0.05, 0) is 46.5 Å². The van der Waals surface area contributed by atoms with Crippen LogP contribution in [0.3, 0.4) is 0 Å². The fraction of sp³-hybridized carbons (Fsp3) is 0.800. The first-order valence-electron chi connectivity index (χ1n) is 8.07. The van der Waals surface area contributed by atoms with Gasteiger partial charge in [-0.3, -0.25) is 0 Å². The Kier molecular flexibility index (Phi) is 5.59. The summed E-state index contributed by atoms with van der Waals surface area (Å²) >= 11 is 0. The van der Waals surface area contributed by atoms with Gasteiger partial charge in [0.05, 0.1) is 6.10 Å². The average molecular weight is 293 g/mol. The van der Waals surface area contributed by atoms with E-state index < -0.39 is 0 Å². The van der Waals surface area contributed by atoms with Crippen LogP contribution in [-0.4, -0.2) is 40.2 Å². The number of hydrogen-bond donors (Lipinski definition) is 1. The van der Waals surface area contributed by atoms with Crippen molar-refractivity contribution in [2.24, 2.45) is 0 Å². The molecule has 1 aromatic heterocycles. The molecule has 1 aromatic rings. The summed E-state index contributed by atoms with van der Waals surface area (Å²) in [6, 6.07) is 0.925. The monoisotopic (exact) mass is 293 g/mol. The van der Waals surface area contributed by atoms with Crippen molar-refractivity contribution in [1.29, 1.82) is 0 Å².